The summed E-state index contributed by atoms with van der Waals surface area (Å²) in [6.07, 6.45) is 1.35. The predicted molar refractivity (Wildman–Crippen MR) is 66.1 cm³/mol. The van der Waals surface area contributed by atoms with Gasteiger partial charge >= 0.3 is 12.1 Å². The van der Waals surface area contributed by atoms with Crippen molar-refractivity contribution >= 4 is 11.9 Å². The van der Waals surface area contributed by atoms with Gasteiger partial charge in [0.15, 0.2) is 0 Å². The molecule has 1 saturated carbocycles. The molecule has 7 heteroatoms. The van der Waals surface area contributed by atoms with Gasteiger partial charge in [0, 0.05) is 6.42 Å². The number of aliphatic carboxylic acids is 1. The van der Waals surface area contributed by atoms with E-state index in [0.29, 0.717) is 17.2 Å². The monoisotopic (exact) mass is 295 g/mol. The van der Waals surface area contributed by atoms with Crippen molar-refractivity contribution in [2.45, 2.75) is 51.1 Å². The number of carbonyl (C=O) groups is 2. The largest absolute Gasteiger partial charge is 0.480 e. The zero-order chi connectivity index (χ0) is 15.2. The quantitative estimate of drug-likeness (QED) is 0.819. The molecule has 0 aromatic heterocycles. The average molecular weight is 295 g/mol. The summed E-state index contributed by atoms with van der Waals surface area (Å²) in [4.78, 5) is 22.7. The summed E-state index contributed by atoms with van der Waals surface area (Å²) < 4.78 is 37.0. The van der Waals surface area contributed by atoms with E-state index in [1.807, 2.05) is 0 Å². The Balaban J connectivity index is 2.47. The van der Waals surface area contributed by atoms with Gasteiger partial charge in [-0.25, -0.2) is 0 Å². The minimum absolute atomic E-state index is 0.00593. The lowest BCUT2D eigenvalue weighted by Crippen LogP contribution is -2.42. The first kappa shape index (κ1) is 16.8. The molecule has 4 nitrogen and oxygen atoms in total. The summed E-state index contributed by atoms with van der Waals surface area (Å²) in [6, 6.07) is 0. The van der Waals surface area contributed by atoms with E-state index in [2.05, 4.69) is 0 Å². The zero-order valence-corrected chi connectivity index (χ0v) is 11.3. The molecule has 20 heavy (non-hydrogen) atoms. The van der Waals surface area contributed by atoms with Gasteiger partial charge in [-0.2, -0.15) is 13.2 Å². The van der Waals surface area contributed by atoms with Crippen molar-refractivity contribution in [2.24, 2.45) is 5.92 Å². The molecule has 0 unspecified atom stereocenters. The third kappa shape index (κ3) is 6.77. The van der Waals surface area contributed by atoms with Gasteiger partial charge < -0.3 is 10.0 Å². The summed E-state index contributed by atoms with van der Waals surface area (Å²) in [5, 5.41) is 8.59. The molecule has 116 valence electrons. The molecule has 1 aliphatic rings. The van der Waals surface area contributed by atoms with Crippen molar-refractivity contribution in [3.8, 4) is 0 Å². The Labute approximate surface area is 115 Å². The second-order valence-corrected chi connectivity index (χ2v) is 5.30. The highest BCUT2D eigenvalue weighted by atomic mass is 19.4. The van der Waals surface area contributed by atoms with Crippen molar-refractivity contribution in [3.63, 3.8) is 0 Å². The second-order valence-electron chi connectivity index (χ2n) is 5.30. The standard InChI is InChI=1S/C13H20F3NO3/c14-13(15,16)9-17(8-12(19)20)11(18)7-6-10-4-2-1-3-5-10/h10H,1-9H2,(H,19,20). The van der Waals surface area contributed by atoms with Gasteiger partial charge in [0.05, 0.1) is 0 Å². The van der Waals surface area contributed by atoms with Crippen molar-refractivity contribution in [1.82, 2.24) is 4.90 Å². The van der Waals surface area contributed by atoms with E-state index >= 15 is 0 Å². The molecule has 0 radical (unpaired) electrons. The Bertz CT molecular complexity index is 338. The summed E-state index contributed by atoms with van der Waals surface area (Å²) >= 11 is 0. The van der Waals surface area contributed by atoms with Crippen LogP contribution in [0.4, 0.5) is 13.2 Å². The first-order chi connectivity index (χ1) is 9.28. The topological polar surface area (TPSA) is 57.6 Å². The van der Waals surface area contributed by atoms with Crippen LogP contribution in [0.5, 0.6) is 0 Å². The van der Waals surface area contributed by atoms with Crippen molar-refractivity contribution in [3.05, 3.63) is 0 Å². The van der Waals surface area contributed by atoms with Crippen LogP contribution in [0.1, 0.15) is 44.9 Å². The lowest BCUT2D eigenvalue weighted by atomic mass is 9.86. The minimum Gasteiger partial charge on any atom is -0.480 e. The molecule has 0 aliphatic heterocycles. The first-order valence-corrected chi connectivity index (χ1v) is 6.84. The van der Waals surface area contributed by atoms with Crippen LogP contribution < -0.4 is 0 Å². The molecule has 1 rings (SSSR count). The van der Waals surface area contributed by atoms with Gasteiger partial charge in [0.2, 0.25) is 5.91 Å². The number of carbonyl (C=O) groups excluding carboxylic acids is 1. The smallest absolute Gasteiger partial charge is 0.406 e. The fourth-order valence-corrected chi connectivity index (χ4v) is 2.57. The van der Waals surface area contributed by atoms with Crippen LogP contribution in [-0.2, 0) is 9.59 Å². The van der Waals surface area contributed by atoms with Gasteiger partial charge in [-0.05, 0) is 12.3 Å². The van der Waals surface area contributed by atoms with Crippen molar-refractivity contribution in [1.29, 1.82) is 0 Å². The van der Waals surface area contributed by atoms with Gasteiger partial charge in [-0.15, -0.1) is 0 Å². The van der Waals surface area contributed by atoms with Crippen LogP contribution in [-0.4, -0.2) is 41.1 Å². The first-order valence-electron chi connectivity index (χ1n) is 6.84. The average Bonchev–Trinajstić information content (AvgIpc) is 2.34. The maximum atomic E-state index is 12.3. The van der Waals surface area contributed by atoms with Crippen molar-refractivity contribution in [2.75, 3.05) is 13.1 Å². The summed E-state index contributed by atoms with van der Waals surface area (Å²) in [6.45, 7) is -2.40. The van der Waals surface area contributed by atoms with Crippen LogP contribution >= 0.6 is 0 Å². The van der Waals surface area contributed by atoms with Crippen LogP contribution in [0.2, 0.25) is 0 Å². The number of rotatable bonds is 6. The third-order valence-electron chi connectivity index (χ3n) is 3.54. The molecule has 1 aliphatic carbocycles. The molecular formula is C13H20F3NO3. The van der Waals surface area contributed by atoms with Crippen LogP contribution in [0.25, 0.3) is 0 Å². The molecule has 1 fully saturated rings. The van der Waals surface area contributed by atoms with E-state index < -0.39 is 31.1 Å². The number of hydrogen-bond acceptors (Lipinski definition) is 2. The van der Waals surface area contributed by atoms with E-state index in [4.69, 9.17) is 5.11 Å². The van der Waals surface area contributed by atoms with Gasteiger partial charge in [-0.3, -0.25) is 9.59 Å². The SMILES string of the molecule is O=C(O)CN(CC(F)(F)F)C(=O)CCC1CCCCC1. The van der Waals surface area contributed by atoms with E-state index in [1.54, 1.807) is 0 Å². The number of halogens is 3. The molecule has 0 aromatic rings. The summed E-state index contributed by atoms with van der Waals surface area (Å²) in [5.41, 5.74) is 0. The minimum atomic E-state index is -4.57. The molecule has 0 bridgehead atoms. The number of amides is 1. The Morgan fingerprint density at radius 3 is 2.25 bits per heavy atom. The number of nitrogens with zero attached hydrogens (tertiary/aromatic N) is 1. The number of alkyl halides is 3. The fraction of sp³-hybridized carbons (Fsp3) is 0.846. The highest BCUT2D eigenvalue weighted by Gasteiger charge is 2.33. The van der Waals surface area contributed by atoms with Crippen LogP contribution in [0, 0.1) is 5.92 Å². The van der Waals surface area contributed by atoms with Crippen LogP contribution in [0.3, 0.4) is 0 Å². The zero-order valence-electron chi connectivity index (χ0n) is 11.3. The van der Waals surface area contributed by atoms with Gasteiger partial charge in [0.1, 0.15) is 13.1 Å². The summed E-state index contributed by atoms with van der Waals surface area (Å²) in [7, 11) is 0. The lowest BCUT2D eigenvalue weighted by Gasteiger charge is -2.25. The van der Waals surface area contributed by atoms with Crippen molar-refractivity contribution < 1.29 is 27.9 Å². The summed E-state index contributed by atoms with van der Waals surface area (Å²) in [5.74, 6) is -1.78. The Morgan fingerprint density at radius 1 is 1.15 bits per heavy atom. The predicted octanol–water partition coefficient (Wildman–Crippen LogP) is 2.82. The molecule has 0 heterocycles. The van der Waals surface area contributed by atoms with Gasteiger partial charge in [-0.1, -0.05) is 32.1 Å². The second kappa shape index (κ2) is 7.50. The van der Waals surface area contributed by atoms with E-state index in [-0.39, 0.29) is 6.42 Å². The molecule has 1 N–H and O–H groups in total. The van der Waals surface area contributed by atoms with E-state index in [9.17, 15) is 22.8 Å². The maximum absolute atomic E-state index is 12.3. The third-order valence-corrected chi connectivity index (χ3v) is 3.54. The highest BCUT2D eigenvalue weighted by Crippen LogP contribution is 2.27. The molecule has 0 atom stereocenters. The molecule has 0 aromatic carbocycles. The highest BCUT2D eigenvalue weighted by molar-refractivity contribution is 5.81. The maximum Gasteiger partial charge on any atom is 0.406 e. The van der Waals surface area contributed by atoms with Gasteiger partial charge in [0.25, 0.3) is 0 Å². The number of carboxylic acids is 1. The Kier molecular flexibility index (Phi) is 6.29. The van der Waals surface area contributed by atoms with E-state index in [1.165, 1.54) is 6.42 Å². The normalized spacial score (nSPS) is 16.9. The number of hydrogen-bond donors (Lipinski definition) is 1. The molecule has 0 spiro atoms. The Hall–Kier alpha value is -1.27. The van der Waals surface area contributed by atoms with E-state index in [0.717, 1.165) is 25.7 Å². The number of carboxylic acid groups (broad SMARTS) is 1. The van der Waals surface area contributed by atoms with Crippen LogP contribution in [0.15, 0.2) is 0 Å². The fourth-order valence-electron chi connectivity index (χ4n) is 2.57. The molecule has 0 saturated heterocycles. The lowest BCUT2D eigenvalue weighted by molar-refractivity contribution is -0.165. The molecular weight excluding hydrogens is 275 g/mol. The Morgan fingerprint density at radius 2 is 1.75 bits per heavy atom. The molecule has 1 amide bonds.